The Kier molecular flexibility index (Phi) is 3.37. The van der Waals surface area contributed by atoms with E-state index in [0.29, 0.717) is 30.8 Å². The molecule has 1 aliphatic heterocycles. The molecule has 1 amide bonds. The fourth-order valence-corrected chi connectivity index (χ4v) is 2.06. The van der Waals surface area contributed by atoms with Crippen molar-refractivity contribution in [3.8, 4) is 0 Å². The molecule has 15 heavy (non-hydrogen) atoms. The van der Waals surface area contributed by atoms with Gasteiger partial charge in [0.2, 0.25) is 0 Å². The lowest BCUT2D eigenvalue weighted by atomic mass is 10.2. The summed E-state index contributed by atoms with van der Waals surface area (Å²) in [7, 11) is 0. The summed E-state index contributed by atoms with van der Waals surface area (Å²) in [6.45, 7) is 1.74. The Hall–Kier alpha value is -0.880. The Morgan fingerprint density at radius 1 is 1.73 bits per heavy atom. The standard InChI is InChI=1S/C9H11BrN2O3/c10-5-7-6-14-4-2-12(7)9(13)8-1-3-15-11-8/h1,3,7H,2,4-6H2. The smallest absolute Gasteiger partial charge is 0.276 e. The molecular formula is C9H11BrN2O3. The van der Waals surface area contributed by atoms with Crippen molar-refractivity contribution in [3.63, 3.8) is 0 Å². The van der Waals surface area contributed by atoms with Crippen molar-refractivity contribution < 1.29 is 14.1 Å². The van der Waals surface area contributed by atoms with Gasteiger partial charge in [-0.05, 0) is 0 Å². The number of amides is 1. The van der Waals surface area contributed by atoms with E-state index >= 15 is 0 Å². The molecule has 1 aromatic heterocycles. The SMILES string of the molecule is O=C(c1ccon1)N1CCOCC1CBr. The highest BCUT2D eigenvalue weighted by molar-refractivity contribution is 9.09. The van der Waals surface area contributed by atoms with Crippen LogP contribution < -0.4 is 0 Å². The van der Waals surface area contributed by atoms with Crippen LogP contribution in [0.2, 0.25) is 0 Å². The number of carbonyl (C=O) groups excluding carboxylic acids is 1. The summed E-state index contributed by atoms with van der Waals surface area (Å²) in [5.74, 6) is -0.100. The van der Waals surface area contributed by atoms with Gasteiger partial charge in [0.25, 0.3) is 5.91 Å². The second-order valence-electron chi connectivity index (χ2n) is 3.27. The molecule has 82 valence electrons. The van der Waals surface area contributed by atoms with Crippen molar-refractivity contribution in [2.45, 2.75) is 6.04 Å². The molecule has 0 radical (unpaired) electrons. The molecule has 1 unspecified atom stereocenters. The quantitative estimate of drug-likeness (QED) is 0.753. The van der Waals surface area contributed by atoms with E-state index in [-0.39, 0.29) is 11.9 Å². The number of ether oxygens (including phenoxy) is 1. The highest BCUT2D eigenvalue weighted by Crippen LogP contribution is 2.13. The number of alkyl halides is 1. The summed E-state index contributed by atoms with van der Waals surface area (Å²) in [6, 6.07) is 1.64. The first kappa shape index (κ1) is 10.6. The molecule has 0 aromatic carbocycles. The van der Waals surface area contributed by atoms with Gasteiger partial charge in [0.15, 0.2) is 5.69 Å². The van der Waals surface area contributed by atoms with Gasteiger partial charge in [-0.25, -0.2) is 0 Å². The van der Waals surface area contributed by atoms with Gasteiger partial charge in [0.05, 0.1) is 19.3 Å². The number of hydrogen-bond acceptors (Lipinski definition) is 4. The Morgan fingerprint density at radius 2 is 2.60 bits per heavy atom. The molecule has 2 heterocycles. The van der Waals surface area contributed by atoms with Gasteiger partial charge in [-0.2, -0.15) is 0 Å². The van der Waals surface area contributed by atoms with E-state index in [4.69, 9.17) is 4.74 Å². The summed E-state index contributed by atoms with van der Waals surface area (Å²) in [4.78, 5) is 13.7. The average Bonchev–Trinajstić information content (AvgIpc) is 2.81. The summed E-state index contributed by atoms with van der Waals surface area (Å²) in [5.41, 5.74) is 0.350. The normalized spacial score (nSPS) is 21.7. The van der Waals surface area contributed by atoms with Gasteiger partial charge in [0.1, 0.15) is 6.26 Å². The first-order chi connectivity index (χ1) is 7.33. The maximum atomic E-state index is 12.0. The van der Waals surface area contributed by atoms with Crippen LogP contribution in [-0.2, 0) is 4.74 Å². The maximum absolute atomic E-state index is 12.0. The van der Waals surface area contributed by atoms with E-state index in [2.05, 4.69) is 25.6 Å². The third-order valence-corrected chi connectivity index (χ3v) is 3.07. The summed E-state index contributed by atoms with van der Waals surface area (Å²) in [5, 5.41) is 4.34. The molecule has 2 rings (SSSR count). The lowest BCUT2D eigenvalue weighted by molar-refractivity contribution is 0.00471. The second-order valence-corrected chi connectivity index (χ2v) is 3.91. The van der Waals surface area contributed by atoms with E-state index in [1.807, 2.05) is 0 Å². The fourth-order valence-electron chi connectivity index (χ4n) is 1.52. The average molecular weight is 275 g/mol. The third-order valence-electron chi connectivity index (χ3n) is 2.32. The minimum absolute atomic E-state index is 0.0722. The predicted octanol–water partition coefficient (Wildman–Crippen LogP) is 0.910. The molecule has 0 bridgehead atoms. The molecule has 1 aliphatic rings. The molecule has 0 saturated carbocycles. The van der Waals surface area contributed by atoms with Gasteiger partial charge in [-0.1, -0.05) is 21.1 Å². The summed E-state index contributed by atoms with van der Waals surface area (Å²) >= 11 is 3.37. The Balaban J connectivity index is 2.11. The maximum Gasteiger partial charge on any atom is 0.276 e. The summed E-state index contributed by atoms with van der Waals surface area (Å²) < 4.78 is 9.96. The largest absolute Gasteiger partial charge is 0.377 e. The molecule has 6 heteroatoms. The highest BCUT2D eigenvalue weighted by Gasteiger charge is 2.28. The lowest BCUT2D eigenvalue weighted by Crippen LogP contribution is -2.49. The van der Waals surface area contributed by atoms with Crippen LogP contribution in [-0.4, -0.2) is 47.1 Å². The minimum atomic E-state index is -0.100. The molecule has 5 nitrogen and oxygen atoms in total. The van der Waals surface area contributed by atoms with E-state index < -0.39 is 0 Å². The second kappa shape index (κ2) is 4.76. The number of carbonyl (C=O) groups is 1. The van der Waals surface area contributed by atoms with Gasteiger partial charge >= 0.3 is 0 Å². The van der Waals surface area contributed by atoms with E-state index in [9.17, 15) is 4.79 Å². The van der Waals surface area contributed by atoms with Crippen molar-refractivity contribution in [2.75, 3.05) is 25.1 Å². The Labute approximate surface area is 95.5 Å². The van der Waals surface area contributed by atoms with Crippen LogP contribution in [0.4, 0.5) is 0 Å². The van der Waals surface area contributed by atoms with Gasteiger partial charge < -0.3 is 14.2 Å². The summed E-state index contributed by atoms with van der Waals surface area (Å²) in [6.07, 6.45) is 1.40. The number of nitrogens with zero attached hydrogens (tertiary/aromatic N) is 2. The molecule has 0 N–H and O–H groups in total. The third kappa shape index (κ3) is 2.21. The van der Waals surface area contributed by atoms with Crippen LogP contribution in [0.15, 0.2) is 16.9 Å². The van der Waals surface area contributed by atoms with Crippen molar-refractivity contribution in [1.82, 2.24) is 10.1 Å². The zero-order chi connectivity index (χ0) is 10.7. The molecule has 0 aliphatic carbocycles. The van der Waals surface area contributed by atoms with Crippen molar-refractivity contribution in [3.05, 3.63) is 18.0 Å². The number of rotatable bonds is 2. The topological polar surface area (TPSA) is 55.6 Å². The van der Waals surface area contributed by atoms with Crippen LogP contribution >= 0.6 is 15.9 Å². The van der Waals surface area contributed by atoms with Crippen LogP contribution in [0.1, 0.15) is 10.5 Å². The van der Waals surface area contributed by atoms with Crippen molar-refractivity contribution >= 4 is 21.8 Å². The number of aromatic nitrogens is 1. The zero-order valence-electron chi connectivity index (χ0n) is 8.06. The van der Waals surface area contributed by atoms with E-state index in [0.717, 1.165) is 0 Å². The first-order valence-corrected chi connectivity index (χ1v) is 5.80. The minimum Gasteiger partial charge on any atom is -0.377 e. The van der Waals surface area contributed by atoms with Crippen LogP contribution in [0.5, 0.6) is 0 Å². The van der Waals surface area contributed by atoms with Crippen LogP contribution in [0.3, 0.4) is 0 Å². The molecule has 0 spiro atoms. The van der Waals surface area contributed by atoms with Crippen molar-refractivity contribution in [2.24, 2.45) is 0 Å². The highest BCUT2D eigenvalue weighted by atomic mass is 79.9. The molecule has 1 atom stereocenters. The van der Waals surface area contributed by atoms with Crippen molar-refractivity contribution in [1.29, 1.82) is 0 Å². The van der Waals surface area contributed by atoms with E-state index in [1.165, 1.54) is 6.26 Å². The zero-order valence-corrected chi connectivity index (χ0v) is 9.64. The van der Waals surface area contributed by atoms with Crippen LogP contribution in [0, 0.1) is 0 Å². The Bertz CT molecular complexity index is 328. The number of hydrogen-bond donors (Lipinski definition) is 0. The number of halogens is 1. The fraction of sp³-hybridized carbons (Fsp3) is 0.556. The molecule has 1 aromatic rings. The lowest BCUT2D eigenvalue weighted by Gasteiger charge is -2.33. The monoisotopic (exact) mass is 274 g/mol. The first-order valence-electron chi connectivity index (χ1n) is 4.68. The van der Waals surface area contributed by atoms with Gasteiger partial charge in [-0.15, -0.1) is 0 Å². The van der Waals surface area contributed by atoms with Gasteiger partial charge in [0, 0.05) is 17.9 Å². The van der Waals surface area contributed by atoms with Crippen LogP contribution in [0.25, 0.3) is 0 Å². The molecular weight excluding hydrogens is 264 g/mol. The predicted molar refractivity (Wildman–Crippen MR) is 55.9 cm³/mol. The van der Waals surface area contributed by atoms with Gasteiger partial charge in [-0.3, -0.25) is 4.79 Å². The Morgan fingerprint density at radius 3 is 3.27 bits per heavy atom. The van der Waals surface area contributed by atoms with E-state index in [1.54, 1.807) is 11.0 Å². The molecule has 1 fully saturated rings. The number of morpholine rings is 1. The molecule has 1 saturated heterocycles.